The molecule has 0 aromatic heterocycles. The lowest BCUT2D eigenvalue weighted by Crippen LogP contribution is -2.41. The highest BCUT2D eigenvalue weighted by molar-refractivity contribution is 7.90. The second-order valence-electron chi connectivity index (χ2n) is 5.67. The predicted octanol–water partition coefficient (Wildman–Crippen LogP) is 2.66. The first-order valence-electron chi connectivity index (χ1n) is 7.14. The molecule has 1 aliphatic heterocycles. The summed E-state index contributed by atoms with van der Waals surface area (Å²) in [5.41, 5.74) is -1.05. The van der Waals surface area contributed by atoms with Crippen molar-refractivity contribution in [2.45, 2.75) is 30.0 Å². The molecular weight excluding hydrogens is 349 g/mol. The largest absolute Gasteiger partial charge is 0.465 e. The van der Waals surface area contributed by atoms with Crippen molar-refractivity contribution < 1.29 is 31.5 Å². The Morgan fingerprint density at radius 2 is 1.88 bits per heavy atom. The lowest BCUT2D eigenvalue weighted by atomic mass is 10.0. The van der Waals surface area contributed by atoms with Crippen LogP contribution in [0.3, 0.4) is 0 Å². The number of benzene rings is 1. The molecule has 2 rings (SSSR count). The maximum absolute atomic E-state index is 13.1. The van der Waals surface area contributed by atoms with Crippen molar-refractivity contribution in [1.82, 2.24) is 4.90 Å². The molecule has 2 N–H and O–H groups in total. The minimum atomic E-state index is -4.79. The van der Waals surface area contributed by atoms with Gasteiger partial charge in [0.1, 0.15) is 0 Å². The molecule has 1 aromatic rings. The number of carboxylic acid groups (broad SMARTS) is 1. The number of piperidine rings is 1. The van der Waals surface area contributed by atoms with Crippen LogP contribution in [0.1, 0.15) is 18.4 Å². The van der Waals surface area contributed by atoms with E-state index in [9.17, 15) is 26.4 Å². The lowest BCUT2D eigenvalue weighted by molar-refractivity contribution is -0.139. The number of likely N-dealkylation sites (tertiary alicyclic amines) is 1. The summed E-state index contributed by atoms with van der Waals surface area (Å²) in [5.74, 6) is 0. The van der Waals surface area contributed by atoms with Gasteiger partial charge in [0.05, 0.1) is 10.5 Å². The van der Waals surface area contributed by atoms with Crippen molar-refractivity contribution in [1.29, 1.82) is 0 Å². The minimum absolute atomic E-state index is 0.156. The van der Waals surface area contributed by atoms with Crippen molar-refractivity contribution in [3.05, 3.63) is 23.8 Å². The summed E-state index contributed by atoms with van der Waals surface area (Å²) in [6.07, 6.45) is -4.16. The van der Waals surface area contributed by atoms with E-state index in [0.29, 0.717) is 25.9 Å². The van der Waals surface area contributed by atoms with E-state index in [1.807, 2.05) is 0 Å². The summed E-state index contributed by atoms with van der Waals surface area (Å²) < 4.78 is 62.4. The van der Waals surface area contributed by atoms with E-state index in [0.717, 1.165) is 18.4 Å². The summed E-state index contributed by atoms with van der Waals surface area (Å²) in [6.45, 7) is 0.584. The van der Waals surface area contributed by atoms with Crippen LogP contribution in [0.15, 0.2) is 23.1 Å². The highest BCUT2D eigenvalue weighted by Crippen LogP contribution is 2.36. The van der Waals surface area contributed by atoms with Crippen LogP contribution in [0.4, 0.5) is 23.7 Å². The first-order valence-corrected chi connectivity index (χ1v) is 9.03. The number of nitrogens with zero attached hydrogens (tertiary/aromatic N) is 1. The molecular formula is C14H17F3N2O4S. The number of halogens is 3. The fraction of sp³-hybridized carbons (Fsp3) is 0.500. The Hall–Kier alpha value is -1.97. The lowest BCUT2D eigenvalue weighted by Gasteiger charge is -2.31. The molecule has 0 spiro atoms. The van der Waals surface area contributed by atoms with Crippen molar-refractivity contribution >= 4 is 21.6 Å². The van der Waals surface area contributed by atoms with Crippen LogP contribution in [0.2, 0.25) is 0 Å². The standard InChI is InChI=1S/C14H17F3N2O4S/c1-24(22,23)12-3-2-10(8-11(12)14(15,16)17)18-9-4-6-19(7-5-9)13(20)21/h2-3,8-9,18H,4-7H2,1H3,(H,20,21). The third-order valence-corrected chi connectivity index (χ3v) is 4.98. The molecule has 0 radical (unpaired) electrons. The Morgan fingerprint density at radius 1 is 1.29 bits per heavy atom. The third kappa shape index (κ3) is 4.31. The average molecular weight is 366 g/mol. The molecule has 0 saturated carbocycles. The maximum atomic E-state index is 13.1. The Bertz CT molecular complexity index is 726. The number of hydrogen-bond acceptors (Lipinski definition) is 4. The molecule has 1 aliphatic rings. The number of nitrogens with one attached hydrogen (secondary N) is 1. The zero-order chi connectivity index (χ0) is 18.1. The molecule has 0 atom stereocenters. The van der Waals surface area contributed by atoms with Crippen LogP contribution in [-0.4, -0.2) is 49.9 Å². The van der Waals surface area contributed by atoms with Crippen LogP contribution in [-0.2, 0) is 16.0 Å². The molecule has 1 aromatic carbocycles. The van der Waals surface area contributed by atoms with Crippen LogP contribution < -0.4 is 5.32 Å². The molecule has 10 heteroatoms. The van der Waals surface area contributed by atoms with E-state index in [1.54, 1.807) is 0 Å². The fourth-order valence-electron chi connectivity index (χ4n) is 2.62. The Labute approximate surface area is 137 Å². The quantitative estimate of drug-likeness (QED) is 0.859. The van der Waals surface area contributed by atoms with E-state index in [1.165, 1.54) is 11.0 Å². The Morgan fingerprint density at radius 3 is 2.33 bits per heavy atom. The van der Waals surface area contributed by atoms with Gasteiger partial charge in [0.25, 0.3) is 0 Å². The van der Waals surface area contributed by atoms with Gasteiger partial charge in [-0.1, -0.05) is 0 Å². The number of sulfone groups is 1. The zero-order valence-electron chi connectivity index (χ0n) is 12.8. The van der Waals surface area contributed by atoms with Crippen molar-refractivity contribution in [3.8, 4) is 0 Å². The second-order valence-corrected chi connectivity index (χ2v) is 7.65. The molecule has 0 unspecified atom stereocenters. The second kappa shape index (κ2) is 6.50. The average Bonchev–Trinajstić information content (AvgIpc) is 2.45. The van der Waals surface area contributed by atoms with Gasteiger partial charge < -0.3 is 15.3 Å². The first-order chi connectivity index (χ1) is 11.0. The number of hydrogen-bond donors (Lipinski definition) is 2. The van der Waals surface area contributed by atoms with Gasteiger partial charge in [-0.3, -0.25) is 0 Å². The van der Waals surface area contributed by atoms with Gasteiger partial charge in [0, 0.05) is 31.1 Å². The van der Waals surface area contributed by atoms with Gasteiger partial charge >= 0.3 is 12.3 Å². The molecule has 0 bridgehead atoms. The molecule has 1 heterocycles. The van der Waals surface area contributed by atoms with E-state index < -0.39 is 32.6 Å². The van der Waals surface area contributed by atoms with Gasteiger partial charge in [-0.15, -0.1) is 0 Å². The van der Waals surface area contributed by atoms with Gasteiger partial charge in [-0.2, -0.15) is 13.2 Å². The Balaban J connectivity index is 2.20. The monoisotopic (exact) mass is 366 g/mol. The Kier molecular flexibility index (Phi) is 4.97. The van der Waals surface area contributed by atoms with Gasteiger partial charge in [0.2, 0.25) is 0 Å². The fourth-order valence-corrected chi connectivity index (χ4v) is 3.50. The van der Waals surface area contributed by atoms with Gasteiger partial charge in [0.15, 0.2) is 9.84 Å². The summed E-state index contributed by atoms with van der Waals surface area (Å²) in [5, 5.41) is 11.8. The molecule has 0 aliphatic carbocycles. The van der Waals surface area contributed by atoms with Crippen LogP contribution in [0.25, 0.3) is 0 Å². The van der Waals surface area contributed by atoms with Crippen LogP contribution >= 0.6 is 0 Å². The molecule has 134 valence electrons. The molecule has 24 heavy (non-hydrogen) atoms. The zero-order valence-corrected chi connectivity index (χ0v) is 13.6. The number of alkyl halides is 3. The minimum Gasteiger partial charge on any atom is -0.465 e. The highest BCUT2D eigenvalue weighted by atomic mass is 32.2. The predicted molar refractivity (Wildman–Crippen MR) is 80.8 cm³/mol. The molecule has 1 amide bonds. The summed E-state index contributed by atoms with van der Waals surface area (Å²) >= 11 is 0. The van der Waals surface area contributed by atoms with E-state index in [2.05, 4.69) is 5.32 Å². The van der Waals surface area contributed by atoms with Crippen LogP contribution in [0, 0.1) is 0 Å². The van der Waals surface area contributed by atoms with E-state index in [-0.39, 0.29) is 11.7 Å². The number of anilines is 1. The normalized spacial score (nSPS) is 16.9. The number of carbonyl (C=O) groups is 1. The summed E-state index contributed by atoms with van der Waals surface area (Å²) in [4.78, 5) is 11.3. The number of rotatable bonds is 3. The summed E-state index contributed by atoms with van der Waals surface area (Å²) in [7, 11) is -4.00. The SMILES string of the molecule is CS(=O)(=O)c1ccc(NC2CCN(C(=O)O)CC2)cc1C(F)(F)F. The van der Waals surface area contributed by atoms with Gasteiger partial charge in [-0.25, -0.2) is 13.2 Å². The topological polar surface area (TPSA) is 86.7 Å². The third-order valence-electron chi connectivity index (χ3n) is 3.82. The smallest absolute Gasteiger partial charge is 0.417 e. The van der Waals surface area contributed by atoms with Crippen molar-refractivity contribution in [2.24, 2.45) is 0 Å². The molecule has 1 fully saturated rings. The maximum Gasteiger partial charge on any atom is 0.417 e. The first kappa shape index (κ1) is 18.4. The van der Waals surface area contributed by atoms with E-state index in [4.69, 9.17) is 5.11 Å². The van der Waals surface area contributed by atoms with Crippen LogP contribution in [0.5, 0.6) is 0 Å². The number of amides is 1. The van der Waals surface area contributed by atoms with Crippen molar-refractivity contribution in [3.63, 3.8) is 0 Å². The molecule has 1 saturated heterocycles. The summed E-state index contributed by atoms with van der Waals surface area (Å²) in [6, 6.07) is 2.83. The van der Waals surface area contributed by atoms with E-state index >= 15 is 0 Å². The highest BCUT2D eigenvalue weighted by Gasteiger charge is 2.36. The van der Waals surface area contributed by atoms with Crippen molar-refractivity contribution in [2.75, 3.05) is 24.7 Å². The van der Waals surface area contributed by atoms with Gasteiger partial charge in [-0.05, 0) is 31.0 Å². The molecule has 6 nitrogen and oxygen atoms in total.